The van der Waals surface area contributed by atoms with Gasteiger partial charge in [0.05, 0.1) is 17.1 Å². The van der Waals surface area contributed by atoms with Crippen LogP contribution in [0.4, 0.5) is 4.79 Å². The molecule has 2 rings (SSSR count). The average molecular weight is 397 g/mol. The van der Waals surface area contributed by atoms with Gasteiger partial charge in [-0.05, 0) is 20.8 Å². The molecule has 0 aromatic carbocycles. The van der Waals surface area contributed by atoms with Crippen molar-refractivity contribution in [3.8, 4) is 0 Å². The Hall–Kier alpha value is -1.67. The van der Waals surface area contributed by atoms with Gasteiger partial charge in [-0.25, -0.2) is 9.78 Å². The Bertz CT molecular complexity index is 631. The highest BCUT2D eigenvalue weighted by molar-refractivity contribution is 7.09. The molecular weight excluding hydrogens is 364 g/mol. The van der Waals surface area contributed by atoms with Crippen LogP contribution in [-0.4, -0.2) is 71.7 Å². The molecule has 0 bridgehead atoms. The van der Waals surface area contributed by atoms with Gasteiger partial charge in [-0.2, -0.15) is 0 Å². The number of nitrogens with one attached hydrogen (secondary N) is 1. The fourth-order valence-electron chi connectivity index (χ4n) is 2.73. The maximum absolute atomic E-state index is 12.1. The molecule has 1 saturated heterocycles. The van der Waals surface area contributed by atoms with Crippen molar-refractivity contribution in [1.29, 1.82) is 0 Å². The van der Waals surface area contributed by atoms with Gasteiger partial charge in [-0.3, -0.25) is 9.69 Å². The average Bonchev–Trinajstić information content (AvgIpc) is 3.02. The first-order chi connectivity index (χ1) is 12.6. The molecule has 152 valence electrons. The second-order valence-electron chi connectivity index (χ2n) is 8.17. The van der Waals surface area contributed by atoms with Crippen LogP contribution in [0.25, 0.3) is 0 Å². The molecule has 27 heavy (non-hydrogen) atoms. The molecule has 0 spiro atoms. The van der Waals surface area contributed by atoms with Crippen LogP contribution < -0.4 is 5.32 Å². The molecule has 1 aliphatic rings. The highest BCUT2D eigenvalue weighted by atomic mass is 32.1. The molecule has 0 saturated carbocycles. The summed E-state index contributed by atoms with van der Waals surface area (Å²) >= 11 is 1.61. The topological polar surface area (TPSA) is 74.8 Å². The van der Waals surface area contributed by atoms with E-state index in [9.17, 15) is 9.59 Å². The van der Waals surface area contributed by atoms with Crippen molar-refractivity contribution in [2.45, 2.75) is 52.6 Å². The van der Waals surface area contributed by atoms with Crippen molar-refractivity contribution < 1.29 is 14.3 Å². The molecule has 2 heterocycles. The van der Waals surface area contributed by atoms with Crippen molar-refractivity contribution in [3.63, 3.8) is 0 Å². The number of thiazole rings is 1. The van der Waals surface area contributed by atoms with Crippen molar-refractivity contribution in [2.24, 2.45) is 0 Å². The number of nitrogens with zero attached hydrogens (tertiary/aromatic N) is 3. The van der Waals surface area contributed by atoms with E-state index in [0.717, 1.165) is 30.3 Å². The molecule has 0 radical (unpaired) electrons. The van der Waals surface area contributed by atoms with Crippen LogP contribution in [0.2, 0.25) is 0 Å². The van der Waals surface area contributed by atoms with E-state index in [1.54, 1.807) is 16.2 Å². The zero-order chi connectivity index (χ0) is 20.0. The first-order valence-electron chi connectivity index (χ1n) is 9.55. The largest absolute Gasteiger partial charge is 0.444 e. The first kappa shape index (κ1) is 21.6. The summed E-state index contributed by atoms with van der Waals surface area (Å²) in [5.74, 6) is 0.397. The Labute approximate surface area is 166 Å². The Morgan fingerprint density at radius 3 is 2.48 bits per heavy atom. The summed E-state index contributed by atoms with van der Waals surface area (Å²) < 4.78 is 5.40. The minimum Gasteiger partial charge on any atom is -0.444 e. The minimum atomic E-state index is -0.467. The molecule has 1 aromatic rings. The predicted octanol–water partition coefficient (Wildman–Crippen LogP) is 2.48. The second-order valence-corrected chi connectivity index (χ2v) is 9.06. The van der Waals surface area contributed by atoms with Gasteiger partial charge in [0.15, 0.2) is 0 Å². The lowest BCUT2D eigenvalue weighted by molar-refractivity contribution is -0.120. The monoisotopic (exact) mass is 396 g/mol. The number of piperazine rings is 1. The third-order valence-electron chi connectivity index (χ3n) is 4.18. The van der Waals surface area contributed by atoms with Gasteiger partial charge in [-0.15, -0.1) is 11.3 Å². The highest BCUT2D eigenvalue weighted by Gasteiger charge is 2.25. The Kier molecular flexibility index (Phi) is 7.61. The van der Waals surface area contributed by atoms with Gasteiger partial charge >= 0.3 is 6.09 Å². The second kappa shape index (κ2) is 9.50. The summed E-state index contributed by atoms with van der Waals surface area (Å²) in [6.07, 6.45) is 0.0785. The number of amides is 2. The van der Waals surface area contributed by atoms with Gasteiger partial charge in [0.2, 0.25) is 5.91 Å². The smallest absolute Gasteiger partial charge is 0.410 e. The van der Waals surface area contributed by atoms with Crippen LogP contribution in [0.1, 0.15) is 51.2 Å². The maximum Gasteiger partial charge on any atom is 0.410 e. The summed E-state index contributed by atoms with van der Waals surface area (Å²) in [6, 6.07) is 0. The summed E-state index contributed by atoms with van der Waals surface area (Å²) in [6.45, 7) is 14.1. The first-order valence-corrected chi connectivity index (χ1v) is 10.4. The van der Waals surface area contributed by atoms with Crippen molar-refractivity contribution in [1.82, 2.24) is 20.1 Å². The Balaban J connectivity index is 1.63. The number of carbonyl (C=O) groups excluding carboxylic acids is 2. The van der Waals surface area contributed by atoms with E-state index in [-0.39, 0.29) is 12.0 Å². The van der Waals surface area contributed by atoms with Gasteiger partial charge < -0.3 is 15.0 Å². The standard InChI is InChI=1S/C19H32N4O3S/c1-14(2)17-21-15(13-27-17)12-16(24)20-6-7-22-8-10-23(11-9-22)18(25)26-19(3,4)5/h13-14H,6-12H2,1-5H3,(H,20,24). The molecular formula is C19H32N4O3S. The van der Waals surface area contributed by atoms with E-state index in [0.29, 0.717) is 32.0 Å². The van der Waals surface area contributed by atoms with Crippen molar-refractivity contribution >= 4 is 23.3 Å². The summed E-state index contributed by atoms with van der Waals surface area (Å²) in [4.78, 5) is 32.6. The van der Waals surface area contributed by atoms with Crippen LogP contribution in [0.3, 0.4) is 0 Å². The van der Waals surface area contributed by atoms with Gasteiger partial charge in [-0.1, -0.05) is 13.8 Å². The molecule has 8 heteroatoms. The third-order valence-corrected chi connectivity index (χ3v) is 5.37. The van der Waals surface area contributed by atoms with Crippen LogP contribution in [0.15, 0.2) is 5.38 Å². The number of hydrogen-bond acceptors (Lipinski definition) is 6. The SMILES string of the molecule is CC(C)c1nc(CC(=O)NCCN2CCN(C(=O)OC(C)(C)C)CC2)cs1. The quantitative estimate of drug-likeness (QED) is 0.800. The predicted molar refractivity (Wildman–Crippen MR) is 107 cm³/mol. The number of hydrogen-bond donors (Lipinski definition) is 1. The van der Waals surface area contributed by atoms with Crippen molar-refractivity contribution in [3.05, 3.63) is 16.1 Å². The molecule has 0 aliphatic carbocycles. The van der Waals surface area contributed by atoms with E-state index in [1.165, 1.54) is 0 Å². The van der Waals surface area contributed by atoms with E-state index in [2.05, 4.69) is 29.0 Å². The van der Waals surface area contributed by atoms with E-state index < -0.39 is 5.60 Å². The van der Waals surface area contributed by atoms with Crippen LogP contribution >= 0.6 is 11.3 Å². The fourth-order valence-corrected chi connectivity index (χ4v) is 3.56. The zero-order valence-corrected chi connectivity index (χ0v) is 17.9. The van der Waals surface area contributed by atoms with Gasteiger partial charge in [0, 0.05) is 50.6 Å². The molecule has 0 unspecified atom stereocenters. The zero-order valence-electron chi connectivity index (χ0n) is 17.1. The van der Waals surface area contributed by atoms with Gasteiger partial charge in [0.1, 0.15) is 5.60 Å². The van der Waals surface area contributed by atoms with E-state index >= 15 is 0 Å². The van der Waals surface area contributed by atoms with Crippen LogP contribution in [0, 0.1) is 0 Å². The minimum absolute atomic E-state index is 0.00278. The summed E-state index contributed by atoms with van der Waals surface area (Å²) in [7, 11) is 0. The molecule has 1 aromatic heterocycles. The number of ether oxygens (including phenoxy) is 1. The normalized spacial score (nSPS) is 15.9. The number of aromatic nitrogens is 1. The highest BCUT2D eigenvalue weighted by Crippen LogP contribution is 2.19. The molecule has 1 N–H and O–H groups in total. The van der Waals surface area contributed by atoms with E-state index in [1.807, 2.05) is 26.2 Å². The Morgan fingerprint density at radius 2 is 1.93 bits per heavy atom. The number of rotatable bonds is 6. The lowest BCUT2D eigenvalue weighted by Crippen LogP contribution is -2.51. The van der Waals surface area contributed by atoms with Crippen LogP contribution in [-0.2, 0) is 16.0 Å². The van der Waals surface area contributed by atoms with Crippen LogP contribution in [0.5, 0.6) is 0 Å². The molecule has 1 aliphatic heterocycles. The lowest BCUT2D eigenvalue weighted by atomic mass is 10.2. The molecule has 2 amide bonds. The molecule has 1 fully saturated rings. The van der Waals surface area contributed by atoms with E-state index in [4.69, 9.17) is 4.74 Å². The van der Waals surface area contributed by atoms with Gasteiger partial charge in [0.25, 0.3) is 0 Å². The maximum atomic E-state index is 12.1. The third kappa shape index (κ3) is 7.46. The van der Waals surface area contributed by atoms with Crippen molar-refractivity contribution in [2.75, 3.05) is 39.3 Å². The molecule has 0 atom stereocenters. The number of carbonyl (C=O) groups is 2. The fraction of sp³-hybridized carbons (Fsp3) is 0.737. The summed E-state index contributed by atoms with van der Waals surface area (Å²) in [5, 5.41) is 5.99. The summed E-state index contributed by atoms with van der Waals surface area (Å²) in [5.41, 5.74) is 0.373. The molecule has 7 nitrogen and oxygen atoms in total. The Morgan fingerprint density at radius 1 is 1.26 bits per heavy atom. The lowest BCUT2D eigenvalue weighted by Gasteiger charge is -2.35.